The highest BCUT2D eigenvalue weighted by Crippen LogP contribution is 2.20. The molecule has 0 radical (unpaired) electrons. The van der Waals surface area contributed by atoms with Crippen LogP contribution < -0.4 is 0 Å². The molecule has 1 rings (SSSR count). The fraction of sp³-hybridized carbons (Fsp3) is 0.200. The Balaban J connectivity index is 3.36. The maximum Gasteiger partial charge on any atom is 0.160 e. The van der Waals surface area contributed by atoms with Gasteiger partial charge in [0.2, 0.25) is 0 Å². The fourth-order valence-corrected chi connectivity index (χ4v) is 1.38. The molecule has 0 heterocycles. The Morgan fingerprint density at radius 2 is 2.08 bits per heavy atom. The lowest BCUT2D eigenvalue weighted by molar-refractivity contribution is 0.101. The van der Waals surface area contributed by atoms with Gasteiger partial charge >= 0.3 is 0 Å². The van der Waals surface area contributed by atoms with E-state index in [9.17, 15) is 9.59 Å². The first-order valence-electron chi connectivity index (χ1n) is 3.82. The first kappa shape index (κ1) is 9.93. The van der Waals surface area contributed by atoms with Crippen LogP contribution in [0.3, 0.4) is 0 Å². The lowest BCUT2D eigenvalue weighted by atomic mass is 10.0. The van der Waals surface area contributed by atoms with Gasteiger partial charge in [-0.1, -0.05) is 11.6 Å². The Labute approximate surface area is 81.5 Å². The molecule has 1 aromatic rings. The van der Waals surface area contributed by atoms with E-state index in [-0.39, 0.29) is 5.78 Å². The first-order valence-corrected chi connectivity index (χ1v) is 4.20. The topological polar surface area (TPSA) is 34.1 Å². The minimum Gasteiger partial charge on any atom is -0.298 e. The van der Waals surface area contributed by atoms with E-state index in [0.29, 0.717) is 22.4 Å². The van der Waals surface area contributed by atoms with Crippen LogP contribution in [0.4, 0.5) is 0 Å². The van der Waals surface area contributed by atoms with Crippen LogP contribution in [0.1, 0.15) is 33.2 Å². The number of hydrogen-bond acceptors (Lipinski definition) is 2. The first-order chi connectivity index (χ1) is 6.06. The molecule has 2 nitrogen and oxygen atoms in total. The number of Topliss-reactive ketones (excluding diaryl/α,β-unsaturated/α-hetero) is 1. The average molecular weight is 197 g/mol. The highest BCUT2D eigenvalue weighted by molar-refractivity contribution is 6.33. The summed E-state index contributed by atoms with van der Waals surface area (Å²) in [4.78, 5) is 21.6. The second-order valence-corrected chi connectivity index (χ2v) is 3.27. The van der Waals surface area contributed by atoms with E-state index >= 15 is 0 Å². The van der Waals surface area contributed by atoms with E-state index in [1.807, 2.05) is 0 Å². The summed E-state index contributed by atoms with van der Waals surface area (Å²) in [6, 6.07) is 3.15. The van der Waals surface area contributed by atoms with Crippen LogP contribution >= 0.6 is 11.6 Å². The number of benzene rings is 1. The van der Waals surface area contributed by atoms with Crippen molar-refractivity contribution in [3.8, 4) is 0 Å². The van der Waals surface area contributed by atoms with Gasteiger partial charge in [0.15, 0.2) is 12.1 Å². The summed E-state index contributed by atoms with van der Waals surface area (Å²) in [5.41, 5.74) is 1.76. The Bertz CT molecular complexity index is 369. The SMILES string of the molecule is CC(=O)c1cc(Cl)c(C=O)cc1C. The molecule has 0 N–H and O–H groups in total. The molecule has 0 aliphatic rings. The summed E-state index contributed by atoms with van der Waals surface area (Å²) in [6.45, 7) is 3.25. The molecule has 0 saturated heterocycles. The molecule has 3 heteroatoms. The Morgan fingerprint density at radius 1 is 1.46 bits per heavy atom. The van der Waals surface area contributed by atoms with Crippen molar-refractivity contribution < 1.29 is 9.59 Å². The van der Waals surface area contributed by atoms with Crippen molar-refractivity contribution in [1.29, 1.82) is 0 Å². The van der Waals surface area contributed by atoms with Crippen LogP contribution in [-0.2, 0) is 0 Å². The zero-order valence-corrected chi connectivity index (χ0v) is 8.18. The highest BCUT2D eigenvalue weighted by atomic mass is 35.5. The van der Waals surface area contributed by atoms with Gasteiger partial charge in [0, 0.05) is 11.1 Å². The van der Waals surface area contributed by atoms with Gasteiger partial charge in [-0.05, 0) is 31.5 Å². The average Bonchev–Trinajstić information content (AvgIpc) is 2.07. The largest absolute Gasteiger partial charge is 0.298 e. The number of halogens is 1. The molecule has 0 saturated carbocycles. The smallest absolute Gasteiger partial charge is 0.160 e. The van der Waals surface area contributed by atoms with Gasteiger partial charge in [-0.25, -0.2) is 0 Å². The van der Waals surface area contributed by atoms with Crippen molar-refractivity contribution in [3.05, 3.63) is 33.8 Å². The molecule has 68 valence electrons. The standard InChI is InChI=1S/C10H9ClO2/c1-6-3-8(5-12)10(11)4-9(6)7(2)13/h3-5H,1-2H3. The van der Waals surface area contributed by atoms with Crippen LogP contribution in [0.25, 0.3) is 0 Å². The number of carbonyl (C=O) groups is 2. The van der Waals surface area contributed by atoms with E-state index in [1.54, 1.807) is 13.0 Å². The molecule has 0 unspecified atom stereocenters. The minimum absolute atomic E-state index is 0.0446. The lowest BCUT2D eigenvalue weighted by Crippen LogP contribution is -1.97. The van der Waals surface area contributed by atoms with E-state index in [1.165, 1.54) is 13.0 Å². The lowest BCUT2D eigenvalue weighted by Gasteiger charge is -2.04. The highest BCUT2D eigenvalue weighted by Gasteiger charge is 2.08. The van der Waals surface area contributed by atoms with E-state index < -0.39 is 0 Å². The summed E-state index contributed by atoms with van der Waals surface area (Å²) in [5, 5.41) is 0.325. The van der Waals surface area contributed by atoms with Crippen molar-refractivity contribution >= 4 is 23.7 Å². The summed E-state index contributed by atoms with van der Waals surface area (Å²) in [7, 11) is 0. The Morgan fingerprint density at radius 3 is 2.54 bits per heavy atom. The second-order valence-electron chi connectivity index (χ2n) is 2.86. The molecule has 0 bridgehead atoms. The summed E-state index contributed by atoms with van der Waals surface area (Å²) in [6.07, 6.45) is 0.680. The Hall–Kier alpha value is -1.15. The van der Waals surface area contributed by atoms with Crippen molar-refractivity contribution in [2.75, 3.05) is 0 Å². The quantitative estimate of drug-likeness (QED) is 0.538. The molecule has 0 amide bonds. The van der Waals surface area contributed by atoms with Crippen molar-refractivity contribution in [1.82, 2.24) is 0 Å². The normalized spacial score (nSPS) is 9.77. The maximum atomic E-state index is 11.1. The second kappa shape index (κ2) is 3.71. The molecular formula is C10H9ClO2. The summed E-state index contributed by atoms with van der Waals surface area (Å²) >= 11 is 5.76. The molecule has 0 fully saturated rings. The molecular weight excluding hydrogens is 188 g/mol. The zero-order valence-electron chi connectivity index (χ0n) is 7.43. The number of aldehydes is 1. The van der Waals surface area contributed by atoms with Crippen LogP contribution in [0.2, 0.25) is 5.02 Å². The Kier molecular flexibility index (Phi) is 2.83. The zero-order chi connectivity index (χ0) is 10.0. The van der Waals surface area contributed by atoms with Gasteiger partial charge in [0.05, 0.1) is 5.02 Å². The van der Waals surface area contributed by atoms with Gasteiger partial charge in [-0.3, -0.25) is 9.59 Å². The monoisotopic (exact) mass is 196 g/mol. The van der Waals surface area contributed by atoms with Crippen LogP contribution in [-0.4, -0.2) is 12.1 Å². The number of aryl methyl sites for hydroxylation is 1. The number of rotatable bonds is 2. The van der Waals surface area contributed by atoms with Crippen molar-refractivity contribution in [2.45, 2.75) is 13.8 Å². The molecule has 0 spiro atoms. The van der Waals surface area contributed by atoms with Gasteiger partial charge in [0.1, 0.15) is 0 Å². The fourth-order valence-electron chi connectivity index (χ4n) is 1.17. The third kappa shape index (κ3) is 1.95. The number of carbonyl (C=O) groups excluding carboxylic acids is 2. The van der Waals surface area contributed by atoms with Gasteiger partial charge in [0.25, 0.3) is 0 Å². The van der Waals surface area contributed by atoms with Gasteiger partial charge < -0.3 is 0 Å². The van der Waals surface area contributed by atoms with E-state index in [0.717, 1.165) is 5.56 Å². The molecule has 0 atom stereocenters. The van der Waals surface area contributed by atoms with Gasteiger partial charge in [-0.2, -0.15) is 0 Å². The minimum atomic E-state index is -0.0446. The van der Waals surface area contributed by atoms with Crippen molar-refractivity contribution in [3.63, 3.8) is 0 Å². The van der Waals surface area contributed by atoms with Gasteiger partial charge in [-0.15, -0.1) is 0 Å². The van der Waals surface area contributed by atoms with Crippen LogP contribution in [0.5, 0.6) is 0 Å². The molecule has 13 heavy (non-hydrogen) atoms. The predicted molar refractivity (Wildman–Crippen MR) is 51.6 cm³/mol. The summed E-state index contributed by atoms with van der Waals surface area (Å²) < 4.78 is 0. The van der Waals surface area contributed by atoms with E-state index in [4.69, 9.17) is 11.6 Å². The number of hydrogen-bond donors (Lipinski definition) is 0. The predicted octanol–water partition coefficient (Wildman–Crippen LogP) is 2.66. The maximum absolute atomic E-state index is 11.1. The van der Waals surface area contributed by atoms with Crippen molar-refractivity contribution in [2.24, 2.45) is 0 Å². The van der Waals surface area contributed by atoms with Crippen LogP contribution in [0, 0.1) is 6.92 Å². The molecule has 0 aromatic heterocycles. The molecule has 1 aromatic carbocycles. The van der Waals surface area contributed by atoms with Crippen LogP contribution in [0.15, 0.2) is 12.1 Å². The third-order valence-corrected chi connectivity index (χ3v) is 2.18. The summed E-state index contributed by atoms with van der Waals surface area (Å²) in [5.74, 6) is -0.0446. The molecule has 0 aliphatic heterocycles. The molecule has 0 aliphatic carbocycles. The van der Waals surface area contributed by atoms with E-state index in [2.05, 4.69) is 0 Å². The number of ketones is 1. The third-order valence-electron chi connectivity index (χ3n) is 1.85.